The number of halogens is 1. The van der Waals surface area contributed by atoms with E-state index in [9.17, 15) is 14.0 Å². The van der Waals surface area contributed by atoms with Crippen molar-refractivity contribution in [1.29, 1.82) is 0 Å². The maximum absolute atomic E-state index is 13.6. The molecule has 156 valence electrons. The van der Waals surface area contributed by atoms with Crippen LogP contribution in [0.1, 0.15) is 32.9 Å². The van der Waals surface area contributed by atoms with E-state index in [0.717, 1.165) is 5.56 Å². The number of rotatable bonds is 8. The van der Waals surface area contributed by atoms with Crippen LogP contribution in [-0.2, 0) is 22.7 Å². The zero-order valence-electron chi connectivity index (χ0n) is 16.6. The summed E-state index contributed by atoms with van der Waals surface area (Å²) >= 11 is 0. The monoisotopic (exact) mass is 412 g/mol. The second-order valence-corrected chi connectivity index (χ2v) is 6.53. The number of benzene rings is 2. The predicted molar refractivity (Wildman–Crippen MR) is 105 cm³/mol. The molecular weight excluding hydrogens is 391 g/mol. The summed E-state index contributed by atoms with van der Waals surface area (Å²) in [5.74, 6) is -0.710. The Balaban J connectivity index is 1.55. The molecule has 0 fully saturated rings. The van der Waals surface area contributed by atoms with E-state index >= 15 is 0 Å². The molecule has 30 heavy (non-hydrogen) atoms. The Morgan fingerprint density at radius 1 is 1.10 bits per heavy atom. The minimum absolute atomic E-state index is 0.000192. The Morgan fingerprint density at radius 2 is 1.83 bits per heavy atom. The molecule has 1 amide bonds. The molecule has 1 heterocycles. The molecule has 2 aromatic carbocycles. The summed E-state index contributed by atoms with van der Waals surface area (Å²) in [6.07, 6.45) is 0. The van der Waals surface area contributed by atoms with Crippen LogP contribution in [0.5, 0.6) is 5.75 Å². The number of amides is 1. The van der Waals surface area contributed by atoms with Crippen molar-refractivity contribution in [2.75, 3.05) is 6.61 Å². The van der Waals surface area contributed by atoms with Crippen molar-refractivity contribution >= 4 is 11.9 Å². The molecule has 3 aromatic rings. The second-order valence-electron chi connectivity index (χ2n) is 6.53. The number of nitrogens with one attached hydrogen (secondary N) is 1. The molecule has 0 radical (unpaired) electrons. The average Bonchev–Trinajstić information content (AvgIpc) is 3.07. The van der Waals surface area contributed by atoms with Gasteiger partial charge in [0.15, 0.2) is 6.61 Å². The van der Waals surface area contributed by atoms with Gasteiger partial charge in [-0.15, -0.1) is 0 Å². The second kappa shape index (κ2) is 9.69. The summed E-state index contributed by atoms with van der Waals surface area (Å²) in [6, 6.07) is 12.7. The topological polar surface area (TPSA) is 90.7 Å². The van der Waals surface area contributed by atoms with Crippen LogP contribution < -0.4 is 10.1 Å². The first-order chi connectivity index (χ1) is 14.5. The fraction of sp³-hybridized carbons (Fsp3) is 0.227. The number of nitrogens with zero attached hydrogens (tertiary/aromatic N) is 1. The molecule has 0 aliphatic heterocycles. The van der Waals surface area contributed by atoms with Crippen LogP contribution >= 0.6 is 0 Å². The Hall–Kier alpha value is -3.68. The number of hydrogen-bond acceptors (Lipinski definition) is 6. The van der Waals surface area contributed by atoms with E-state index in [-0.39, 0.29) is 18.7 Å². The van der Waals surface area contributed by atoms with Gasteiger partial charge < -0.3 is 19.3 Å². The number of aryl methyl sites for hydroxylation is 2. The Labute approximate surface area is 172 Å². The molecule has 0 unspecified atom stereocenters. The van der Waals surface area contributed by atoms with Crippen LogP contribution in [0.3, 0.4) is 0 Å². The normalized spacial score (nSPS) is 10.5. The minimum Gasteiger partial charge on any atom is -0.488 e. The largest absolute Gasteiger partial charge is 0.488 e. The van der Waals surface area contributed by atoms with Crippen LogP contribution in [0, 0.1) is 19.7 Å². The molecule has 1 N–H and O–H groups in total. The quantitative estimate of drug-likeness (QED) is 0.570. The molecule has 8 heteroatoms. The van der Waals surface area contributed by atoms with E-state index in [1.165, 1.54) is 6.07 Å². The first-order valence-electron chi connectivity index (χ1n) is 9.26. The highest BCUT2D eigenvalue weighted by Crippen LogP contribution is 2.22. The van der Waals surface area contributed by atoms with Gasteiger partial charge in [-0.25, -0.2) is 9.18 Å². The molecule has 1 aromatic heterocycles. The lowest BCUT2D eigenvalue weighted by Crippen LogP contribution is -2.28. The van der Waals surface area contributed by atoms with Gasteiger partial charge >= 0.3 is 5.97 Å². The van der Waals surface area contributed by atoms with Gasteiger partial charge in [0.25, 0.3) is 5.91 Å². The number of ether oxygens (including phenoxy) is 2. The third-order valence-corrected chi connectivity index (χ3v) is 4.43. The smallest absolute Gasteiger partial charge is 0.342 e. The lowest BCUT2D eigenvalue weighted by molar-refractivity contribution is -0.124. The van der Waals surface area contributed by atoms with Crippen molar-refractivity contribution in [1.82, 2.24) is 10.5 Å². The zero-order valence-corrected chi connectivity index (χ0v) is 16.6. The standard InChI is InChI=1S/C22H21FN2O5/c1-14-18(15(2)30-25-14)12-28-20-10-6-4-8-17(20)22(27)29-13-21(26)24-11-16-7-3-5-9-19(16)23/h3-10H,11-13H2,1-2H3,(H,24,26). The predicted octanol–water partition coefficient (Wildman–Crippen LogP) is 3.48. The summed E-state index contributed by atoms with van der Waals surface area (Å²) in [4.78, 5) is 24.4. The molecular formula is C22H21FN2O5. The van der Waals surface area contributed by atoms with Gasteiger partial charge in [0.1, 0.15) is 29.5 Å². The highest BCUT2D eigenvalue weighted by molar-refractivity contribution is 5.94. The first kappa shape index (κ1) is 21.0. The number of esters is 1. The molecule has 3 rings (SSSR count). The molecule has 0 atom stereocenters. The third kappa shape index (κ3) is 5.22. The van der Waals surface area contributed by atoms with Crippen molar-refractivity contribution in [2.45, 2.75) is 27.0 Å². The van der Waals surface area contributed by atoms with E-state index < -0.39 is 24.3 Å². The first-order valence-corrected chi connectivity index (χ1v) is 9.26. The number of para-hydroxylation sites is 1. The summed E-state index contributed by atoms with van der Waals surface area (Å²) in [7, 11) is 0. The van der Waals surface area contributed by atoms with E-state index in [1.54, 1.807) is 56.3 Å². The van der Waals surface area contributed by atoms with Gasteiger partial charge in [-0.1, -0.05) is 35.5 Å². The number of carbonyl (C=O) groups is 2. The Bertz CT molecular complexity index is 1030. The van der Waals surface area contributed by atoms with Crippen LogP contribution in [0.4, 0.5) is 4.39 Å². The van der Waals surface area contributed by atoms with Crippen molar-refractivity contribution in [3.05, 3.63) is 82.5 Å². The molecule has 0 spiro atoms. The average molecular weight is 412 g/mol. The van der Waals surface area contributed by atoms with Crippen LogP contribution in [-0.4, -0.2) is 23.6 Å². The fourth-order valence-electron chi connectivity index (χ4n) is 2.71. The molecule has 0 aliphatic carbocycles. The van der Waals surface area contributed by atoms with Crippen LogP contribution in [0.15, 0.2) is 53.1 Å². The molecule has 0 saturated heterocycles. The molecule has 0 aliphatic rings. The molecule has 0 saturated carbocycles. The summed E-state index contributed by atoms with van der Waals surface area (Å²) in [6.45, 7) is 3.26. The summed E-state index contributed by atoms with van der Waals surface area (Å²) in [5, 5.41) is 6.38. The van der Waals surface area contributed by atoms with Gasteiger partial charge in [-0.2, -0.15) is 0 Å². The zero-order chi connectivity index (χ0) is 21.5. The van der Waals surface area contributed by atoms with E-state index in [4.69, 9.17) is 14.0 Å². The van der Waals surface area contributed by atoms with E-state index in [0.29, 0.717) is 22.8 Å². The van der Waals surface area contributed by atoms with Crippen molar-refractivity contribution < 1.29 is 28.0 Å². The number of hydrogen-bond donors (Lipinski definition) is 1. The maximum atomic E-state index is 13.6. The van der Waals surface area contributed by atoms with Gasteiger partial charge in [-0.3, -0.25) is 4.79 Å². The van der Waals surface area contributed by atoms with Crippen LogP contribution in [0.2, 0.25) is 0 Å². The number of carbonyl (C=O) groups excluding carboxylic acids is 2. The minimum atomic E-state index is -0.703. The molecule has 7 nitrogen and oxygen atoms in total. The van der Waals surface area contributed by atoms with Gasteiger partial charge in [-0.05, 0) is 32.0 Å². The van der Waals surface area contributed by atoms with Crippen molar-refractivity contribution in [3.8, 4) is 5.75 Å². The number of aromatic nitrogens is 1. The van der Waals surface area contributed by atoms with E-state index in [1.807, 2.05) is 0 Å². The van der Waals surface area contributed by atoms with Crippen molar-refractivity contribution in [2.24, 2.45) is 0 Å². The SMILES string of the molecule is Cc1noc(C)c1COc1ccccc1C(=O)OCC(=O)NCc1ccccc1F. The lowest BCUT2D eigenvalue weighted by atomic mass is 10.2. The fourth-order valence-corrected chi connectivity index (χ4v) is 2.71. The van der Waals surface area contributed by atoms with Crippen LogP contribution in [0.25, 0.3) is 0 Å². The Kier molecular flexibility index (Phi) is 6.79. The van der Waals surface area contributed by atoms with Crippen molar-refractivity contribution in [3.63, 3.8) is 0 Å². The van der Waals surface area contributed by atoms with Gasteiger partial charge in [0, 0.05) is 12.1 Å². The third-order valence-electron chi connectivity index (χ3n) is 4.43. The highest BCUT2D eigenvalue weighted by atomic mass is 19.1. The van der Waals surface area contributed by atoms with E-state index in [2.05, 4.69) is 10.5 Å². The lowest BCUT2D eigenvalue weighted by Gasteiger charge is -2.11. The Morgan fingerprint density at radius 3 is 2.57 bits per heavy atom. The van der Waals surface area contributed by atoms with Gasteiger partial charge in [0.05, 0.1) is 11.3 Å². The highest BCUT2D eigenvalue weighted by Gasteiger charge is 2.17. The summed E-state index contributed by atoms with van der Waals surface area (Å²) in [5.41, 5.74) is 2.03. The maximum Gasteiger partial charge on any atom is 0.342 e. The summed E-state index contributed by atoms with van der Waals surface area (Å²) < 4.78 is 29.5. The molecule has 0 bridgehead atoms. The van der Waals surface area contributed by atoms with Gasteiger partial charge in [0.2, 0.25) is 0 Å².